The molecule has 0 saturated carbocycles. The molecule has 8 aliphatic rings. The summed E-state index contributed by atoms with van der Waals surface area (Å²) in [5.41, 5.74) is 17.9. The monoisotopic (exact) mass is 2080 g/mol. The van der Waals surface area contributed by atoms with E-state index < -0.39 is 88.3 Å². The molecular formula is C114H174O18Si9. The van der Waals surface area contributed by atoms with Crippen molar-refractivity contribution in [3.8, 4) is 74.7 Å². The van der Waals surface area contributed by atoms with E-state index in [1.54, 1.807) is 13.1 Å². The van der Waals surface area contributed by atoms with Gasteiger partial charge in [-0.1, -0.05) is 210 Å². The molecule has 0 N–H and O–H groups in total. The Bertz CT molecular complexity index is 5780. The van der Waals surface area contributed by atoms with Crippen LogP contribution in [0.4, 0.5) is 0 Å². The molecule has 3 spiro atoms. The van der Waals surface area contributed by atoms with E-state index in [2.05, 4.69) is 279 Å². The predicted octanol–water partition coefficient (Wildman–Crippen LogP) is 30.0. The van der Waals surface area contributed by atoms with E-state index in [0.717, 1.165) is 145 Å². The van der Waals surface area contributed by atoms with Gasteiger partial charge in [-0.25, -0.2) is 0 Å². The molecule has 0 radical (unpaired) electrons. The molecule has 0 amide bonds. The smallest absolute Gasteiger partial charge is 0.280 e. The molecule has 15 rings (SSSR count). The summed E-state index contributed by atoms with van der Waals surface area (Å²) in [6.07, 6.45) is 9.56. The minimum Gasteiger partial charge on any atom is -0.542 e. The summed E-state index contributed by atoms with van der Waals surface area (Å²) in [6.45, 7) is 86.7. The molecule has 2 atom stereocenters. The number of rotatable bonds is 27. The van der Waals surface area contributed by atoms with E-state index in [-0.39, 0.29) is 67.7 Å². The lowest BCUT2D eigenvalue weighted by molar-refractivity contribution is -0.167. The summed E-state index contributed by atoms with van der Waals surface area (Å²) >= 11 is 0. The first kappa shape index (κ1) is 114. The largest absolute Gasteiger partial charge is 0.542 e. The average molecular weight is 2090 g/mol. The molecular weight excluding hydrogens is 1910 g/mol. The molecule has 2 aliphatic carbocycles. The molecule has 774 valence electrons. The average Bonchev–Trinajstić information content (AvgIpc) is 1.54. The van der Waals surface area contributed by atoms with E-state index in [1.165, 1.54) is 64.6 Å². The first-order chi connectivity index (χ1) is 64.7. The fraction of sp³-hybridized carbons (Fsp3) is 0.632. The zero-order chi connectivity index (χ0) is 105. The van der Waals surface area contributed by atoms with Gasteiger partial charge in [0.25, 0.3) is 55.0 Å². The summed E-state index contributed by atoms with van der Waals surface area (Å²) in [4.78, 5) is 0. The van der Waals surface area contributed by atoms with Crippen LogP contribution in [0.5, 0.6) is 74.7 Å². The quantitative estimate of drug-likeness (QED) is 0.0439. The van der Waals surface area contributed by atoms with Crippen LogP contribution in [-0.4, -0.2) is 109 Å². The van der Waals surface area contributed by atoms with Crippen LogP contribution >= 0.6 is 0 Å². The fourth-order valence-electron chi connectivity index (χ4n) is 22.9. The third-order valence-electron chi connectivity index (χ3n) is 28.8. The molecule has 6 heterocycles. The van der Waals surface area contributed by atoms with Crippen molar-refractivity contribution in [3.63, 3.8) is 0 Å². The highest BCUT2D eigenvalue weighted by molar-refractivity contribution is 6.72. The Kier molecular flexibility index (Phi) is 33.9. The van der Waals surface area contributed by atoms with Gasteiger partial charge in [0, 0.05) is 123 Å². The second kappa shape index (κ2) is 41.9. The second-order valence-electron chi connectivity index (χ2n) is 51.7. The second-order valence-corrected chi connectivity index (χ2v) is 79.7. The van der Waals surface area contributed by atoms with Crippen LogP contribution in [0.3, 0.4) is 0 Å². The van der Waals surface area contributed by atoms with Crippen LogP contribution in [0.1, 0.15) is 321 Å². The van der Waals surface area contributed by atoms with E-state index >= 15 is 0 Å². The molecule has 0 aromatic heterocycles. The Morgan fingerprint density at radius 1 is 0.305 bits per heavy atom. The summed E-state index contributed by atoms with van der Waals surface area (Å²) < 4.78 is 143. The van der Waals surface area contributed by atoms with Gasteiger partial charge in [-0.15, -0.1) is 0 Å². The maximum atomic E-state index is 13.0. The van der Waals surface area contributed by atoms with Crippen LogP contribution in [0.15, 0.2) is 84.9 Å². The van der Waals surface area contributed by atoms with Gasteiger partial charge in [-0.3, -0.25) is 0 Å². The predicted molar refractivity (Wildman–Crippen MR) is 590 cm³/mol. The number of ether oxygens (including phenoxy) is 9. The molecule has 7 aromatic rings. The van der Waals surface area contributed by atoms with Crippen molar-refractivity contribution >= 4 is 76.7 Å². The molecule has 2 unspecified atom stereocenters. The van der Waals surface area contributed by atoms with Gasteiger partial charge in [0.1, 0.15) is 51.7 Å². The lowest BCUT2D eigenvalue weighted by Gasteiger charge is -2.51. The standard InChI is InChI=1S/C33H52O6Si4.C33H52O4Si4.C23H24O6.C23H40O.C2H6OSi/c1-13-40(34)19-23-15-25-27(16-24(23)20-41(35)14-2)36-33(21-31(25,3)4)22-32(5,6)26-17-29(38-42(7,8)9)30(18-28(26)37-33)39-43(10,11)12;1-13-38(34)19-23-15-25-27(16-24(23)20-39(35)14-2)33(21-31(25,3)4)22-32(5,6)26-17-29(36-40(7,8)9)30(18-28(26)33)37-41(10,11)12;1-21(2)9-23(28-15-7-19-17(5-13(15)21)24-11-26-19)10-22(3,4)14-6-18-20(27-12-25-18)8-16(14)29-23;1-11-13-22(6,7)18-16-20(24-10)19(23(8,9)14-12-2)15-17(18)21(3,4)5;1-4(2)3/h15-18H,13-14,19-22H2,1-12H3;15-18H,13-14,19-22H2,1-12H3;5-8H,9-12H2,1-4H3;15-16H,11-14H2,1-10H3;1-2H3. The molecule has 7 aromatic carbocycles. The highest BCUT2D eigenvalue weighted by Gasteiger charge is 2.60. The Morgan fingerprint density at radius 2 is 0.567 bits per heavy atom. The summed E-state index contributed by atoms with van der Waals surface area (Å²) in [5.74, 6) is 8.89. The Labute approximate surface area is 860 Å². The molecule has 141 heavy (non-hydrogen) atoms. The van der Waals surface area contributed by atoms with Crippen molar-refractivity contribution < 1.29 is 82.6 Å². The lowest BCUT2D eigenvalue weighted by atomic mass is 9.69. The van der Waals surface area contributed by atoms with Crippen LogP contribution in [-0.2, 0) is 101 Å². The lowest BCUT2D eigenvalue weighted by Crippen LogP contribution is -2.55. The number of hydrogen-bond donors (Lipinski definition) is 0. The SMILES string of the molecule is CC1(C)CC2(CC(C)(C)c3cc4c(cc3O2)OCO4)Oc2cc3c(cc21)OCO3.CCCC(C)(C)c1cc(C(C)(C)C)c(C(C)(C)CCC)cc1OC.CC[Si](=O)Cc1cc2c(cc1C[Si](=O)CC)C(C)(C)CC1(CC(C)(C)c3cc(O[Si](C)(C)C)c(O[Si](C)(C)C)cc3O1)O2.CC[Si](=O)Cc1cc2c(cc1C[Si](=O)CC)C1(CC2(C)C)CC(C)(C)c2cc(O[Si](C)(C)C)c(O[Si](C)(C)C)cc21.C[Si](C)=O. The summed E-state index contributed by atoms with van der Waals surface area (Å²) in [5, 5.41) is 0. The van der Waals surface area contributed by atoms with Gasteiger partial charge in [0.15, 0.2) is 23.0 Å². The first-order valence-corrected chi connectivity index (χ1v) is 75.5. The highest BCUT2D eigenvalue weighted by Crippen LogP contribution is 2.66. The highest BCUT2D eigenvalue weighted by atomic mass is 28.4. The summed E-state index contributed by atoms with van der Waals surface area (Å²) in [7, 11) is -13.9. The molecule has 6 aliphatic heterocycles. The van der Waals surface area contributed by atoms with Crippen molar-refractivity contribution in [2.24, 2.45) is 0 Å². The summed E-state index contributed by atoms with van der Waals surface area (Å²) in [6, 6.07) is 35.6. The maximum absolute atomic E-state index is 13.0. The zero-order valence-electron chi connectivity index (χ0n) is 94.1. The number of benzene rings is 7. The zero-order valence-corrected chi connectivity index (χ0v) is 103. The van der Waals surface area contributed by atoms with Crippen molar-refractivity contribution in [2.75, 3.05) is 20.7 Å². The van der Waals surface area contributed by atoms with E-state index in [1.807, 2.05) is 65.1 Å². The van der Waals surface area contributed by atoms with E-state index in [9.17, 15) is 22.3 Å². The van der Waals surface area contributed by atoms with E-state index in [0.29, 0.717) is 61.2 Å². The number of methoxy groups -OCH3 is 1. The van der Waals surface area contributed by atoms with Crippen molar-refractivity contribution in [2.45, 2.75) is 443 Å². The van der Waals surface area contributed by atoms with Crippen molar-refractivity contribution in [1.82, 2.24) is 0 Å². The molecule has 0 saturated heterocycles. The maximum Gasteiger partial charge on any atom is 0.280 e. The fourth-order valence-corrected chi connectivity index (χ4v) is 30.2. The van der Waals surface area contributed by atoms with Crippen molar-refractivity contribution in [1.29, 1.82) is 0 Å². The van der Waals surface area contributed by atoms with Gasteiger partial charge >= 0.3 is 0 Å². The minimum atomic E-state index is -1.94. The van der Waals surface area contributed by atoms with Crippen LogP contribution in [0.2, 0.25) is 116 Å². The Balaban J connectivity index is 0.000000181. The molecule has 0 bridgehead atoms. The van der Waals surface area contributed by atoms with Gasteiger partial charge < -0.3 is 82.6 Å². The normalized spacial score (nSPS) is 19.4. The first-order valence-electron chi connectivity index (χ1n) is 52.1. The Morgan fingerprint density at radius 3 is 0.901 bits per heavy atom. The van der Waals surface area contributed by atoms with Gasteiger partial charge in [0.05, 0.1) is 7.11 Å². The van der Waals surface area contributed by atoms with Gasteiger partial charge in [-0.05, 0) is 267 Å². The van der Waals surface area contributed by atoms with Gasteiger partial charge in [0.2, 0.25) is 46.9 Å². The minimum absolute atomic E-state index is 0.0361. The Hall–Kier alpha value is -7.11. The van der Waals surface area contributed by atoms with Crippen LogP contribution < -0.4 is 60.3 Å². The van der Waals surface area contributed by atoms with Gasteiger partial charge in [-0.2, -0.15) is 0 Å². The van der Waals surface area contributed by atoms with Crippen molar-refractivity contribution in [3.05, 3.63) is 168 Å². The van der Waals surface area contributed by atoms with E-state index in [4.69, 9.17) is 60.3 Å². The number of fused-ring (bicyclic) bond motifs is 10. The topological polar surface area (TPSA) is 205 Å². The van der Waals surface area contributed by atoms with Crippen LogP contribution in [0.25, 0.3) is 0 Å². The number of hydrogen-bond acceptors (Lipinski definition) is 18. The molecule has 27 heteroatoms. The molecule has 0 fully saturated rings. The third-order valence-corrected chi connectivity index (χ3v) is 38.4. The molecule has 18 nitrogen and oxygen atoms in total. The third kappa shape index (κ3) is 26.5. The van der Waals surface area contributed by atoms with Crippen LogP contribution in [0, 0.1) is 0 Å².